The van der Waals surface area contributed by atoms with E-state index >= 15 is 0 Å². The van der Waals surface area contributed by atoms with Gasteiger partial charge in [-0.3, -0.25) is 4.79 Å². The van der Waals surface area contributed by atoms with E-state index in [1.165, 1.54) is 12.7 Å². The lowest BCUT2D eigenvalue weighted by molar-refractivity contribution is -0.113. The second kappa shape index (κ2) is 8.39. The summed E-state index contributed by atoms with van der Waals surface area (Å²) < 4.78 is 4.67. The van der Waals surface area contributed by atoms with Crippen LogP contribution in [0.15, 0.2) is 54.6 Å². The third-order valence-corrected chi connectivity index (χ3v) is 4.50. The molecule has 1 N–H and O–H groups in total. The van der Waals surface area contributed by atoms with Crippen molar-refractivity contribution >= 4 is 29.3 Å². The minimum atomic E-state index is -0.423. The number of benzene rings is 2. The average molecular weight is 329 g/mol. The van der Waals surface area contributed by atoms with E-state index in [-0.39, 0.29) is 11.2 Å². The Kier molecular flexibility index (Phi) is 6.23. The molecule has 1 unspecified atom stereocenters. The molecule has 0 spiro atoms. The van der Waals surface area contributed by atoms with Gasteiger partial charge in [0.2, 0.25) is 5.91 Å². The number of nitrogens with one attached hydrogen (secondary N) is 1. The number of methoxy groups -OCH3 is 1. The lowest BCUT2D eigenvalue weighted by atomic mass is 10.2. The van der Waals surface area contributed by atoms with Crippen LogP contribution in [0.2, 0.25) is 0 Å². The standard InChI is InChI=1S/C18H19NO3S/c1-13(14-7-4-3-5-8-14)23-12-17(20)19-16-10-6-9-15(11-16)18(21)22-2/h3-11,13H,12H2,1-2H3,(H,19,20). The molecule has 120 valence electrons. The van der Waals surface area contributed by atoms with Gasteiger partial charge in [-0.05, 0) is 30.7 Å². The van der Waals surface area contributed by atoms with Crippen LogP contribution in [0.3, 0.4) is 0 Å². The highest BCUT2D eigenvalue weighted by molar-refractivity contribution is 8.00. The summed E-state index contributed by atoms with van der Waals surface area (Å²) >= 11 is 1.57. The fourth-order valence-electron chi connectivity index (χ4n) is 2.06. The Labute approximate surface area is 140 Å². The van der Waals surface area contributed by atoms with Gasteiger partial charge in [-0.15, -0.1) is 11.8 Å². The summed E-state index contributed by atoms with van der Waals surface area (Å²) in [4.78, 5) is 23.5. The molecule has 2 rings (SSSR count). The van der Waals surface area contributed by atoms with Crippen LogP contribution in [0.5, 0.6) is 0 Å². The van der Waals surface area contributed by atoms with Crippen LogP contribution in [-0.4, -0.2) is 24.7 Å². The molecule has 4 nitrogen and oxygen atoms in total. The van der Waals surface area contributed by atoms with Crippen molar-refractivity contribution in [3.8, 4) is 0 Å². The van der Waals surface area contributed by atoms with Crippen LogP contribution < -0.4 is 5.32 Å². The molecular weight excluding hydrogens is 310 g/mol. The van der Waals surface area contributed by atoms with Crippen molar-refractivity contribution in [2.45, 2.75) is 12.2 Å². The summed E-state index contributed by atoms with van der Waals surface area (Å²) in [6.45, 7) is 2.07. The minimum Gasteiger partial charge on any atom is -0.465 e. The number of anilines is 1. The first-order valence-electron chi connectivity index (χ1n) is 7.25. The Balaban J connectivity index is 1.89. The number of hydrogen-bond acceptors (Lipinski definition) is 4. The summed E-state index contributed by atoms with van der Waals surface area (Å²) in [5, 5.41) is 3.04. The van der Waals surface area contributed by atoms with Gasteiger partial charge in [-0.1, -0.05) is 36.4 Å². The summed E-state index contributed by atoms with van der Waals surface area (Å²) in [5.74, 6) is -0.175. The van der Waals surface area contributed by atoms with Crippen molar-refractivity contribution in [3.05, 3.63) is 65.7 Å². The molecule has 0 aliphatic carbocycles. The fraction of sp³-hybridized carbons (Fsp3) is 0.222. The van der Waals surface area contributed by atoms with Gasteiger partial charge in [0.1, 0.15) is 0 Å². The molecule has 0 bridgehead atoms. The Morgan fingerprint density at radius 2 is 1.87 bits per heavy atom. The predicted octanol–water partition coefficient (Wildman–Crippen LogP) is 3.91. The highest BCUT2D eigenvalue weighted by Crippen LogP contribution is 2.27. The fourth-order valence-corrected chi connectivity index (χ4v) is 2.88. The van der Waals surface area contributed by atoms with Gasteiger partial charge < -0.3 is 10.1 Å². The van der Waals surface area contributed by atoms with Crippen LogP contribution in [0.1, 0.15) is 28.1 Å². The van der Waals surface area contributed by atoms with E-state index in [2.05, 4.69) is 29.1 Å². The predicted molar refractivity (Wildman–Crippen MR) is 93.7 cm³/mol. The average Bonchev–Trinajstić information content (AvgIpc) is 2.60. The normalized spacial score (nSPS) is 11.6. The monoisotopic (exact) mass is 329 g/mol. The lowest BCUT2D eigenvalue weighted by Gasteiger charge is -2.12. The highest BCUT2D eigenvalue weighted by atomic mass is 32.2. The maximum atomic E-state index is 12.1. The Morgan fingerprint density at radius 1 is 1.13 bits per heavy atom. The van der Waals surface area contributed by atoms with E-state index in [1.807, 2.05) is 18.2 Å². The maximum absolute atomic E-state index is 12.1. The lowest BCUT2D eigenvalue weighted by Crippen LogP contribution is -2.15. The van der Waals surface area contributed by atoms with Crippen molar-refractivity contribution in [1.29, 1.82) is 0 Å². The third-order valence-electron chi connectivity index (χ3n) is 3.30. The first kappa shape index (κ1) is 17.1. The molecule has 0 saturated carbocycles. The molecule has 0 fully saturated rings. The molecule has 0 aliphatic rings. The van der Waals surface area contributed by atoms with Crippen molar-refractivity contribution < 1.29 is 14.3 Å². The maximum Gasteiger partial charge on any atom is 0.337 e. The van der Waals surface area contributed by atoms with E-state index in [1.54, 1.807) is 36.0 Å². The van der Waals surface area contributed by atoms with Crippen LogP contribution in [0.25, 0.3) is 0 Å². The van der Waals surface area contributed by atoms with Crippen LogP contribution in [0, 0.1) is 0 Å². The molecule has 5 heteroatoms. The van der Waals surface area contributed by atoms with E-state index in [0.717, 1.165) is 0 Å². The molecule has 2 aromatic carbocycles. The first-order chi connectivity index (χ1) is 11.1. The zero-order valence-corrected chi connectivity index (χ0v) is 13.9. The minimum absolute atomic E-state index is 0.0974. The molecule has 0 saturated heterocycles. The highest BCUT2D eigenvalue weighted by Gasteiger charge is 2.10. The molecule has 23 heavy (non-hydrogen) atoms. The van der Waals surface area contributed by atoms with Gasteiger partial charge in [-0.25, -0.2) is 4.79 Å². The van der Waals surface area contributed by atoms with E-state index in [9.17, 15) is 9.59 Å². The number of thioether (sulfide) groups is 1. The smallest absolute Gasteiger partial charge is 0.337 e. The molecule has 1 atom stereocenters. The van der Waals surface area contributed by atoms with Crippen LogP contribution >= 0.6 is 11.8 Å². The molecule has 0 heterocycles. The van der Waals surface area contributed by atoms with E-state index in [4.69, 9.17) is 0 Å². The van der Waals surface area contributed by atoms with Crippen molar-refractivity contribution in [1.82, 2.24) is 0 Å². The largest absolute Gasteiger partial charge is 0.465 e. The number of carbonyl (C=O) groups excluding carboxylic acids is 2. The van der Waals surface area contributed by atoms with Crippen molar-refractivity contribution in [3.63, 3.8) is 0 Å². The summed E-state index contributed by atoms with van der Waals surface area (Å²) in [6, 6.07) is 16.8. The SMILES string of the molecule is COC(=O)c1cccc(NC(=O)CSC(C)c2ccccc2)c1. The second-order valence-electron chi connectivity index (χ2n) is 4.98. The van der Waals surface area contributed by atoms with E-state index < -0.39 is 5.97 Å². The molecular formula is C18H19NO3S. The van der Waals surface area contributed by atoms with Gasteiger partial charge in [-0.2, -0.15) is 0 Å². The van der Waals surface area contributed by atoms with E-state index in [0.29, 0.717) is 17.0 Å². The van der Waals surface area contributed by atoms with Gasteiger partial charge in [0.05, 0.1) is 18.4 Å². The van der Waals surface area contributed by atoms with Gasteiger partial charge >= 0.3 is 5.97 Å². The first-order valence-corrected chi connectivity index (χ1v) is 8.30. The summed E-state index contributed by atoms with van der Waals surface area (Å²) in [7, 11) is 1.33. The summed E-state index contributed by atoms with van der Waals surface area (Å²) in [5.41, 5.74) is 2.19. The number of rotatable bonds is 6. The third kappa shape index (κ3) is 5.14. The number of esters is 1. The number of hydrogen-bond donors (Lipinski definition) is 1. The topological polar surface area (TPSA) is 55.4 Å². The second-order valence-corrected chi connectivity index (χ2v) is 6.31. The summed E-state index contributed by atoms with van der Waals surface area (Å²) in [6.07, 6.45) is 0. The molecule has 0 aromatic heterocycles. The van der Waals surface area contributed by atoms with Gasteiger partial charge in [0, 0.05) is 10.9 Å². The Morgan fingerprint density at radius 3 is 2.57 bits per heavy atom. The Bertz CT molecular complexity index is 673. The van der Waals surface area contributed by atoms with Gasteiger partial charge in [0.15, 0.2) is 0 Å². The quantitative estimate of drug-likeness (QED) is 0.817. The number of ether oxygens (including phenoxy) is 1. The van der Waals surface area contributed by atoms with Crippen LogP contribution in [0.4, 0.5) is 5.69 Å². The zero-order valence-electron chi connectivity index (χ0n) is 13.1. The zero-order chi connectivity index (χ0) is 16.7. The number of carbonyl (C=O) groups is 2. The van der Waals surface area contributed by atoms with Gasteiger partial charge in [0.25, 0.3) is 0 Å². The Hall–Kier alpha value is -2.27. The van der Waals surface area contributed by atoms with Crippen molar-refractivity contribution in [2.75, 3.05) is 18.2 Å². The number of amides is 1. The molecule has 2 aromatic rings. The molecule has 0 aliphatic heterocycles. The van der Waals surface area contributed by atoms with Crippen molar-refractivity contribution in [2.24, 2.45) is 0 Å². The molecule has 0 radical (unpaired) electrons. The molecule has 1 amide bonds. The van der Waals surface area contributed by atoms with Crippen LogP contribution in [-0.2, 0) is 9.53 Å².